The lowest BCUT2D eigenvalue weighted by atomic mass is 10.1. The second-order valence-corrected chi connectivity index (χ2v) is 7.87. The van der Waals surface area contributed by atoms with Crippen LogP contribution in [0.2, 0.25) is 0 Å². The third-order valence-corrected chi connectivity index (χ3v) is 5.29. The van der Waals surface area contributed by atoms with Crippen LogP contribution in [-0.2, 0) is 11.3 Å². The lowest BCUT2D eigenvalue weighted by Crippen LogP contribution is -2.47. The van der Waals surface area contributed by atoms with Gasteiger partial charge in [0, 0.05) is 43.8 Å². The number of fused-ring (bicyclic) bond motifs is 1. The first-order chi connectivity index (χ1) is 14.1. The predicted molar refractivity (Wildman–Crippen MR) is 114 cm³/mol. The maximum atomic E-state index is 12.8. The molecular formula is C23H28N4O2. The zero-order chi connectivity index (χ0) is 20.2. The van der Waals surface area contributed by atoms with E-state index in [0.29, 0.717) is 18.7 Å². The first-order valence-electron chi connectivity index (χ1n) is 10.2. The minimum atomic E-state index is -0.103. The molecule has 29 heavy (non-hydrogen) atoms. The summed E-state index contributed by atoms with van der Waals surface area (Å²) in [5.41, 5.74) is 2.65. The molecule has 0 bridgehead atoms. The van der Waals surface area contributed by atoms with E-state index in [2.05, 4.69) is 53.4 Å². The van der Waals surface area contributed by atoms with Gasteiger partial charge in [-0.3, -0.25) is 14.4 Å². The molecule has 1 amide bonds. The summed E-state index contributed by atoms with van der Waals surface area (Å²) in [6, 6.07) is 16.4. The van der Waals surface area contributed by atoms with Crippen LogP contribution in [0.25, 0.3) is 10.9 Å². The number of carbonyl (C=O) groups is 1. The minimum absolute atomic E-state index is 0.0103. The molecule has 4 rings (SSSR count). The van der Waals surface area contributed by atoms with Gasteiger partial charge in [0.25, 0.3) is 5.91 Å². The molecule has 1 fully saturated rings. The van der Waals surface area contributed by atoms with E-state index < -0.39 is 0 Å². The molecule has 1 aromatic heterocycles. The van der Waals surface area contributed by atoms with Gasteiger partial charge in [0.15, 0.2) is 0 Å². The lowest BCUT2D eigenvalue weighted by Gasteiger charge is -2.33. The number of ether oxygens (including phenoxy) is 1. The monoisotopic (exact) mass is 392 g/mol. The van der Waals surface area contributed by atoms with Crippen molar-refractivity contribution in [3.8, 4) is 0 Å². The van der Waals surface area contributed by atoms with Crippen molar-refractivity contribution < 1.29 is 9.53 Å². The molecule has 0 spiro atoms. The smallest absolute Gasteiger partial charge is 0.253 e. The fourth-order valence-electron chi connectivity index (χ4n) is 3.70. The fraction of sp³-hybridized carbons (Fsp3) is 0.391. The average molecular weight is 393 g/mol. The lowest BCUT2D eigenvalue weighted by molar-refractivity contribution is -0.0292. The molecule has 0 saturated carbocycles. The standard InChI is InChI=1S/C23H28N4O2/c1-17(2)27-15-19-9-6-10-21(22(19)25-27)23(28)24-13-20-16-26(11-12-29-20)14-18-7-4-3-5-8-18/h3-10,15,17,20H,11-14,16H2,1-2H3,(H,24,28). The molecule has 1 unspecified atom stereocenters. The number of aromatic nitrogens is 2. The predicted octanol–water partition coefficient (Wildman–Crippen LogP) is 3.25. The number of benzene rings is 2. The van der Waals surface area contributed by atoms with E-state index in [9.17, 15) is 4.79 Å². The third kappa shape index (κ3) is 4.66. The van der Waals surface area contributed by atoms with E-state index in [1.54, 1.807) is 0 Å². The van der Waals surface area contributed by atoms with Crippen LogP contribution in [0, 0.1) is 0 Å². The highest BCUT2D eigenvalue weighted by atomic mass is 16.5. The van der Waals surface area contributed by atoms with Crippen molar-refractivity contribution in [2.75, 3.05) is 26.2 Å². The van der Waals surface area contributed by atoms with E-state index in [4.69, 9.17) is 4.74 Å². The Bertz CT molecular complexity index is 967. The molecule has 0 radical (unpaired) electrons. The Morgan fingerprint density at radius 2 is 2.03 bits per heavy atom. The SMILES string of the molecule is CC(C)n1cc2cccc(C(=O)NCC3CN(Cc4ccccc4)CCO3)c2n1. The van der Waals surface area contributed by atoms with E-state index in [1.807, 2.05) is 35.1 Å². The number of hydrogen-bond acceptors (Lipinski definition) is 4. The Hall–Kier alpha value is -2.70. The Morgan fingerprint density at radius 3 is 2.83 bits per heavy atom. The van der Waals surface area contributed by atoms with Crippen molar-refractivity contribution in [2.24, 2.45) is 0 Å². The normalized spacial score (nSPS) is 17.7. The van der Waals surface area contributed by atoms with E-state index in [-0.39, 0.29) is 18.1 Å². The van der Waals surface area contributed by atoms with Crippen molar-refractivity contribution in [2.45, 2.75) is 32.5 Å². The number of amides is 1. The van der Waals surface area contributed by atoms with Gasteiger partial charge in [-0.1, -0.05) is 42.5 Å². The molecule has 3 aromatic rings. The Balaban J connectivity index is 1.37. The number of nitrogens with one attached hydrogen (secondary N) is 1. The van der Waals surface area contributed by atoms with Crippen LogP contribution in [-0.4, -0.2) is 52.9 Å². The maximum absolute atomic E-state index is 12.8. The summed E-state index contributed by atoms with van der Waals surface area (Å²) in [6.45, 7) is 7.95. The maximum Gasteiger partial charge on any atom is 0.253 e. The molecule has 1 saturated heterocycles. The van der Waals surface area contributed by atoms with Gasteiger partial charge < -0.3 is 10.1 Å². The molecule has 2 heterocycles. The van der Waals surface area contributed by atoms with Crippen molar-refractivity contribution >= 4 is 16.8 Å². The van der Waals surface area contributed by atoms with Crippen molar-refractivity contribution in [3.63, 3.8) is 0 Å². The first kappa shape index (κ1) is 19.6. The van der Waals surface area contributed by atoms with Gasteiger partial charge in [0.2, 0.25) is 0 Å². The summed E-state index contributed by atoms with van der Waals surface area (Å²) in [6.07, 6.45) is 1.98. The number of morpholine rings is 1. The molecular weight excluding hydrogens is 364 g/mol. The van der Waals surface area contributed by atoms with Crippen LogP contribution >= 0.6 is 0 Å². The van der Waals surface area contributed by atoms with Crippen LogP contribution in [0.1, 0.15) is 35.8 Å². The molecule has 1 atom stereocenters. The number of rotatable bonds is 6. The fourth-order valence-corrected chi connectivity index (χ4v) is 3.70. The average Bonchev–Trinajstić information content (AvgIpc) is 3.18. The highest BCUT2D eigenvalue weighted by molar-refractivity contribution is 6.05. The van der Waals surface area contributed by atoms with Crippen LogP contribution in [0.15, 0.2) is 54.7 Å². The van der Waals surface area contributed by atoms with Crippen LogP contribution in [0.4, 0.5) is 0 Å². The van der Waals surface area contributed by atoms with Gasteiger partial charge in [-0.05, 0) is 25.5 Å². The zero-order valence-corrected chi connectivity index (χ0v) is 17.0. The molecule has 6 nitrogen and oxygen atoms in total. The largest absolute Gasteiger partial charge is 0.374 e. The van der Waals surface area contributed by atoms with E-state index in [1.165, 1.54) is 5.56 Å². The van der Waals surface area contributed by atoms with Gasteiger partial charge in [0.1, 0.15) is 5.52 Å². The number of carbonyl (C=O) groups excluding carboxylic acids is 1. The van der Waals surface area contributed by atoms with Gasteiger partial charge in [-0.2, -0.15) is 5.10 Å². The van der Waals surface area contributed by atoms with Gasteiger partial charge >= 0.3 is 0 Å². The van der Waals surface area contributed by atoms with E-state index >= 15 is 0 Å². The quantitative estimate of drug-likeness (QED) is 0.700. The van der Waals surface area contributed by atoms with Crippen molar-refractivity contribution in [1.29, 1.82) is 0 Å². The molecule has 152 valence electrons. The first-order valence-corrected chi connectivity index (χ1v) is 10.2. The second-order valence-electron chi connectivity index (χ2n) is 7.87. The Morgan fingerprint density at radius 1 is 1.21 bits per heavy atom. The van der Waals surface area contributed by atoms with Gasteiger partial charge in [-0.25, -0.2) is 0 Å². The zero-order valence-electron chi connectivity index (χ0n) is 17.0. The summed E-state index contributed by atoms with van der Waals surface area (Å²) in [4.78, 5) is 15.2. The summed E-state index contributed by atoms with van der Waals surface area (Å²) in [5, 5.41) is 8.63. The second kappa shape index (κ2) is 8.76. The van der Waals surface area contributed by atoms with Gasteiger partial charge in [-0.15, -0.1) is 0 Å². The Kier molecular flexibility index (Phi) is 5.92. The summed E-state index contributed by atoms with van der Waals surface area (Å²) >= 11 is 0. The Labute approximate surface area is 171 Å². The molecule has 6 heteroatoms. The van der Waals surface area contributed by atoms with Crippen LogP contribution < -0.4 is 5.32 Å². The highest BCUT2D eigenvalue weighted by Crippen LogP contribution is 2.19. The molecule has 0 aliphatic carbocycles. The third-order valence-electron chi connectivity index (χ3n) is 5.29. The molecule has 2 aromatic carbocycles. The highest BCUT2D eigenvalue weighted by Gasteiger charge is 2.22. The van der Waals surface area contributed by atoms with E-state index in [0.717, 1.165) is 30.5 Å². The molecule has 1 N–H and O–H groups in total. The topological polar surface area (TPSA) is 59.4 Å². The molecule has 1 aliphatic heterocycles. The summed E-state index contributed by atoms with van der Waals surface area (Å²) in [5.74, 6) is -0.103. The van der Waals surface area contributed by atoms with Crippen LogP contribution in [0.5, 0.6) is 0 Å². The van der Waals surface area contributed by atoms with Crippen molar-refractivity contribution in [1.82, 2.24) is 20.0 Å². The summed E-state index contributed by atoms with van der Waals surface area (Å²) < 4.78 is 7.78. The van der Waals surface area contributed by atoms with Gasteiger partial charge in [0.05, 0.1) is 18.3 Å². The minimum Gasteiger partial charge on any atom is -0.374 e. The van der Waals surface area contributed by atoms with Crippen molar-refractivity contribution in [3.05, 3.63) is 65.9 Å². The number of nitrogens with zero attached hydrogens (tertiary/aromatic N) is 3. The summed E-state index contributed by atoms with van der Waals surface area (Å²) in [7, 11) is 0. The number of hydrogen-bond donors (Lipinski definition) is 1. The van der Waals surface area contributed by atoms with Crippen LogP contribution in [0.3, 0.4) is 0 Å². The molecule has 1 aliphatic rings.